The van der Waals surface area contributed by atoms with E-state index in [1.807, 2.05) is 0 Å². The standard InChI is InChI=1S/C6H13N3O3/c7-5-3-9(12)2-1-4(5)6(10)8-11/h4-5,11-12H,1-3,7H2,(H,8,10)/p+1/t4-,5+/m0/s1. The van der Waals surface area contributed by atoms with Gasteiger partial charge in [0.2, 0.25) is 5.91 Å². The summed E-state index contributed by atoms with van der Waals surface area (Å²) in [7, 11) is 0. The molecule has 0 radical (unpaired) electrons. The molecule has 0 aromatic carbocycles. The Morgan fingerprint density at radius 1 is 1.67 bits per heavy atom. The van der Waals surface area contributed by atoms with Gasteiger partial charge in [-0.3, -0.25) is 10.0 Å². The molecule has 1 saturated heterocycles. The minimum Gasteiger partial charge on any atom is -0.322 e. The quantitative estimate of drug-likeness (QED) is 0.219. The fourth-order valence-electron chi connectivity index (χ4n) is 1.46. The van der Waals surface area contributed by atoms with Crippen LogP contribution in [0.25, 0.3) is 0 Å². The topological polar surface area (TPSA) is 100 Å². The number of carbonyl (C=O) groups is 1. The third-order valence-electron chi connectivity index (χ3n) is 2.18. The van der Waals surface area contributed by atoms with Gasteiger partial charge in [0.05, 0.1) is 12.0 Å². The molecular weight excluding hydrogens is 162 g/mol. The first-order valence-corrected chi connectivity index (χ1v) is 3.88. The molecule has 1 fully saturated rings. The van der Waals surface area contributed by atoms with Crippen LogP contribution in [0.1, 0.15) is 6.42 Å². The predicted molar refractivity (Wildman–Crippen MR) is 38.5 cm³/mol. The monoisotopic (exact) mass is 176 g/mol. The first-order valence-electron chi connectivity index (χ1n) is 3.88. The summed E-state index contributed by atoms with van der Waals surface area (Å²) >= 11 is 0. The summed E-state index contributed by atoms with van der Waals surface area (Å²) in [6.45, 7) is 0.837. The van der Waals surface area contributed by atoms with Gasteiger partial charge in [-0.2, -0.15) is 5.06 Å². The lowest BCUT2D eigenvalue weighted by Crippen LogP contribution is -3.12. The molecule has 1 rings (SSSR count). The van der Waals surface area contributed by atoms with Crippen LogP contribution in [-0.2, 0) is 4.79 Å². The summed E-state index contributed by atoms with van der Waals surface area (Å²) in [4.78, 5) is 11.0. The van der Waals surface area contributed by atoms with Crippen LogP contribution in [0.5, 0.6) is 0 Å². The molecule has 12 heavy (non-hydrogen) atoms. The number of carbonyl (C=O) groups excluding carboxylic acids is 1. The normalized spacial score (nSPS) is 36.1. The van der Waals surface area contributed by atoms with E-state index in [9.17, 15) is 4.79 Å². The summed E-state index contributed by atoms with van der Waals surface area (Å²) in [5, 5.41) is 17.8. The molecule has 6 N–H and O–H groups in total. The number of rotatable bonds is 1. The van der Waals surface area contributed by atoms with E-state index in [4.69, 9.17) is 16.1 Å². The molecule has 70 valence electrons. The second-order valence-electron chi connectivity index (χ2n) is 3.06. The fourth-order valence-corrected chi connectivity index (χ4v) is 1.46. The lowest BCUT2D eigenvalue weighted by atomic mass is 9.93. The van der Waals surface area contributed by atoms with E-state index in [1.54, 1.807) is 5.48 Å². The highest BCUT2D eigenvalue weighted by atomic mass is 16.5. The Morgan fingerprint density at radius 3 is 2.83 bits per heavy atom. The highest BCUT2D eigenvalue weighted by Gasteiger charge is 2.33. The van der Waals surface area contributed by atoms with Gasteiger partial charge >= 0.3 is 0 Å². The second kappa shape index (κ2) is 3.81. The van der Waals surface area contributed by atoms with E-state index in [0.29, 0.717) is 24.6 Å². The minimum atomic E-state index is -0.463. The average molecular weight is 176 g/mol. The third-order valence-corrected chi connectivity index (χ3v) is 2.18. The maximum atomic E-state index is 11.0. The number of hydrogen-bond donors (Lipinski definition) is 5. The minimum absolute atomic E-state index is 0.337. The molecule has 6 nitrogen and oxygen atoms in total. The van der Waals surface area contributed by atoms with Crippen LogP contribution in [0.4, 0.5) is 0 Å². The number of piperidine rings is 1. The van der Waals surface area contributed by atoms with Crippen LogP contribution >= 0.6 is 0 Å². The molecule has 0 aromatic rings. The van der Waals surface area contributed by atoms with Gasteiger partial charge < -0.3 is 5.73 Å². The molecule has 3 atom stereocenters. The van der Waals surface area contributed by atoms with Crippen LogP contribution in [0, 0.1) is 5.92 Å². The third kappa shape index (κ3) is 1.92. The molecule has 1 amide bonds. The molecule has 1 aliphatic heterocycles. The Hall–Kier alpha value is -0.690. The van der Waals surface area contributed by atoms with Crippen molar-refractivity contribution in [2.45, 2.75) is 12.5 Å². The van der Waals surface area contributed by atoms with Gasteiger partial charge in [-0.05, 0) is 0 Å². The molecule has 0 saturated carbocycles. The number of quaternary nitrogens is 1. The Balaban J connectivity index is 2.50. The van der Waals surface area contributed by atoms with Crippen LogP contribution in [0.15, 0.2) is 0 Å². The maximum absolute atomic E-state index is 11.0. The van der Waals surface area contributed by atoms with E-state index >= 15 is 0 Å². The van der Waals surface area contributed by atoms with Gasteiger partial charge in [-0.25, -0.2) is 10.7 Å². The largest absolute Gasteiger partial charge is 0.322 e. The zero-order valence-electron chi connectivity index (χ0n) is 6.66. The Kier molecular flexibility index (Phi) is 2.99. The van der Waals surface area contributed by atoms with Crippen molar-refractivity contribution in [1.82, 2.24) is 5.48 Å². The Morgan fingerprint density at radius 2 is 2.33 bits per heavy atom. The average Bonchev–Trinajstić information content (AvgIpc) is 2.03. The van der Waals surface area contributed by atoms with E-state index in [0.717, 1.165) is 0 Å². The predicted octanol–water partition coefficient (Wildman–Crippen LogP) is -2.89. The van der Waals surface area contributed by atoms with Gasteiger partial charge in [0.25, 0.3) is 0 Å². The van der Waals surface area contributed by atoms with E-state index in [1.165, 1.54) is 0 Å². The Labute approximate surface area is 69.9 Å². The van der Waals surface area contributed by atoms with Crippen molar-refractivity contribution in [2.24, 2.45) is 11.7 Å². The maximum Gasteiger partial charge on any atom is 0.248 e. The van der Waals surface area contributed by atoms with Gasteiger partial charge in [0.15, 0.2) is 0 Å². The molecular formula is C6H14N3O3+. The Bertz CT molecular complexity index is 175. The van der Waals surface area contributed by atoms with Crippen LogP contribution in [0.2, 0.25) is 0 Å². The van der Waals surface area contributed by atoms with Gasteiger partial charge in [0, 0.05) is 6.42 Å². The number of nitrogens with two attached hydrogens (primary N) is 1. The molecule has 1 aliphatic rings. The number of nitrogens with one attached hydrogen (secondary N) is 2. The fraction of sp³-hybridized carbons (Fsp3) is 0.833. The van der Waals surface area contributed by atoms with Crippen LogP contribution in [-0.4, -0.2) is 35.5 Å². The van der Waals surface area contributed by atoms with Gasteiger partial charge in [-0.15, -0.1) is 0 Å². The molecule has 0 aliphatic carbocycles. The molecule has 0 aromatic heterocycles. The summed E-state index contributed by atoms with van der Waals surface area (Å²) < 4.78 is 0. The lowest BCUT2D eigenvalue weighted by molar-refractivity contribution is -1.09. The summed E-state index contributed by atoms with van der Waals surface area (Å²) in [6, 6.07) is -0.383. The molecule has 6 heteroatoms. The second-order valence-corrected chi connectivity index (χ2v) is 3.06. The summed E-state index contributed by atoms with van der Waals surface area (Å²) in [5.74, 6) is -0.846. The van der Waals surface area contributed by atoms with E-state index in [2.05, 4.69) is 0 Å². The molecule has 1 unspecified atom stereocenters. The molecule has 1 heterocycles. The van der Waals surface area contributed by atoms with Crippen molar-refractivity contribution >= 4 is 5.91 Å². The highest BCUT2D eigenvalue weighted by molar-refractivity contribution is 5.78. The van der Waals surface area contributed by atoms with E-state index < -0.39 is 5.91 Å². The summed E-state index contributed by atoms with van der Waals surface area (Å²) in [5.41, 5.74) is 7.16. The smallest absolute Gasteiger partial charge is 0.248 e. The zero-order chi connectivity index (χ0) is 9.14. The molecule has 0 spiro atoms. The number of hydroxylamine groups is 3. The van der Waals surface area contributed by atoms with Crippen LogP contribution in [0.3, 0.4) is 0 Å². The van der Waals surface area contributed by atoms with Crippen molar-refractivity contribution in [3.8, 4) is 0 Å². The zero-order valence-corrected chi connectivity index (χ0v) is 6.66. The summed E-state index contributed by atoms with van der Waals surface area (Å²) in [6.07, 6.45) is 0.499. The van der Waals surface area contributed by atoms with Crippen molar-refractivity contribution < 1.29 is 20.3 Å². The number of amides is 1. The van der Waals surface area contributed by atoms with Crippen molar-refractivity contribution in [2.75, 3.05) is 13.1 Å². The number of hydrogen-bond acceptors (Lipinski definition) is 4. The van der Waals surface area contributed by atoms with Gasteiger partial charge in [-0.1, -0.05) is 0 Å². The van der Waals surface area contributed by atoms with Crippen LogP contribution < -0.4 is 16.3 Å². The first-order chi connectivity index (χ1) is 5.65. The van der Waals surface area contributed by atoms with Crippen molar-refractivity contribution in [3.05, 3.63) is 0 Å². The SMILES string of the molecule is N[C@@H]1C[NH+](O)CC[C@@H]1C(=O)NO. The lowest BCUT2D eigenvalue weighted by Gasteiger charge is -2.28. The van der Waals surface area contributed by atoms with E-state index in [-0.39, 0.29) is 12.0 Å². The first kappa shape index (κ1) is 9.40. The van der Waals surface area contributed by atoms with Crippen molar-refractivity contribution in [3.63, 3.8) is 0 Å². The van der Waals surface area contributed by atoms with Gasteiger partial charge in [0.1, 0.15) is 13.1 Å². The van der Waals surface area contributed by atoms with Crippen molar-refractivity contribution in [1.29, 1.82) is 0 Å². The highest BCUT2D eigenvalue weighted by Crippen LogP contribution is 2.07. The molecule has 0 bridgehead atoms.